The molecule has 1 fully saturated rings. The van der Waals surface area contributed by atoms with E-state index in [-0.39, 0.29) is 35.5 Å². The van der Waals surface area contributed by atoms with Crippen LogP contribution in [0, 0.1) is 5.41 Å². The number of alkyl halides is 2. The van der Waals surface area contributed by atoms with Crippen molar-refractivity contribution in [2.45, 2.75) is 65.1 Å². The van der Waals surface area contributed by atoms with Gasteiger partial charge in [0.15, 0.2) is 0 Å². The van der Waals surface area contributed by atoms with Gasteiger partial charge in [-0.05, 0) is 40.3 Å². The second-order valence-corrected chi connectivity index (χ2v) is 8.82. The third-order valence-electron chi connectivity index (χ3n) is 4.73. The fourth-order valence-electron chi connectivity index (χ4n) is 2.99. The van der Waals surface area contributed by atoms with Gasteiger partial charge in [-0.1, -0.05) is 20.8 Å². The normalized spacial score (nSPS) is 16.0. The van der Waals surface area contributed by atoms with Crippen molar-refractivity contribution in [1.82, 2.24) is 24.9 Å². The van der Waals surface area contributed by atoms with E-state index in [1.165, 1.54) is 4.68 Å². The molecular weight excluding hydrogens is 420 g/mol. The second kappa shape index (κ2) is 7.69. The number of rotatable bonds is 7. The minimum absolute atomic E-state index is 0.0805. The zero-order valence-corrected chi connectivity index (χ0v) is 17.2. The molecule has 1 atom stereocenters. The second-order valence-electron chi connectivity index (χ2n) is 8.03. The molecule has 0 radical (unpaired) electrons. The number of hydrogen-bond acceptors (Lipinski definition) is 3. The molecule has 0 saturated heterocycles. The largest absolute Gasteiger partial charge is 0.349 e. The van der Waals surface area contributed by atoms with Crippen LogP contribution in [-0.2, 0) is 17.9 Å². The molecule has 0 aliphatic heterocycles. The highest BCUT2D eigenvalue weighted by atomic mass is 79.9. The summed E-state index contributed by atoms with van der Waals surface area (Å²) in [5, 5.41) is 11.2. The molecule has 27 heavy (non-hydrogen) atoms. The van der Waals surface area contributed by atoms with Crippen molar-refractivity contribution in [3.8, 4) is 0 Å². The van der Waals surface area contributed by atoms with Crippen molar-refractivity contribution >= 4 is 21.8 Å². The first-order valence-corrected chi connectivity index (χ1v) is 9.77. The Balaban J connectivity index is 1.75. The van der Waals surface area contributed by atoms with E-state index in [0.29, 0.717) is 16.7 Å². The van der Waals surface area contributed by atoms with Crippen molar-refractivity contribution in [3.05, 3.63) is 34.3 Å². The van der Waals surface area contributed by atoms with Crippen LogP contribution in [0.25, 0.3) is 0 Å². The predicted octanol–water partition coefficient (Wildman–Crippen LogP) is 3.89. The average Bonchev–Trinajstić information content (AvgIpc) is 3.14. The maximum absolute atomic E-state index is 13.2. The first-order valence-electron chi connectivity index (χ1n) is 8.98. The Bertz CT molecular complexity index is 794. The Morgan fingerprint density at radius 3 is 2.63 bits per heavy atom. The monoisotopic (exact) mass is 443 g/mol. The van der Waals surface area contributed by atoms with Crippen molar-refractivity contribution in [1.29, 1.82) is 0 Å². The molecule has 0 bridgehead atoms. The molecule has 0 aromatic carbocycles. The van der Waals surface area contributed by atoms with Crippen molar-refractivity contribution < 1.29 is 13.6 Å². The van der Waals surface area contributed by atoms with Crippen LogP contribution in [-0.4, -0.2) is 31.5 Å². The minimum Gasteiger partial charge on any atom is -0.349 e. The molecule has 3 rings (SSSR count). The van der Waals surface area contributed by atoms with Gasteiger partial charge in [0, 0.05) is 18.3 Å². The van der Waals surface area contributed by atoms with E-state index in [9.17, 15) is 13.6 Å². The maximum Gasteiger partial charge on any atom is 0.283 e. The summed E-state index contributed by atoms with van der Waals surface area (Å²) in [5.74, 6) is -0.0607. The molecule has 2 aromatic rings. The fraction of sp³-hybridized carbons (Fsp3) is 0.611. The summed E-state index contributed by atoms with van der Waals surface area (Å²) in [6.07, 6.45) is 2.71. The minimum atomic E-state index is -2.68. The summed E-state index contributed by atoms with van der Waals surface area (Å²) in [6.45, 7) is 6.56. The Morgan fingerprint density at radius 1 is 1.41 bits per heavy atom. The van der Waals surface area contributed by atoms with Crippen LogP contribution < -0.4 is 5.32 Å². The molecule has 148 valence electrons. The topological polar surface area (TPSA) is 64.7 Å². The van der Waals surface area contributed by atoms with E-state index >= 15 is 0 Å². The van der Waals surface area contributed by atoms with Gasteiger partial charge in [0.1, 0.15) is 12.2 Å². The third-order valence-corrected chi connectivity index (χ3v) is 5.54. The van der Waals surface area contributed by atoms with Crippen LogP contribution in [0.3, 0.4) is 0 Å². The van der Waals surface area contributed by atoms with Crippen LogP contribution in [0.15, 0.2) is 22.9 Å². The Labute approximate surface area is 165 Å². The molecule has 0 spiro atoms. The van der Waals surface area contributed by atoms with E-state index in [2.05, 4.69) is 31.4 Å². The summed E-state index contributed by atoms with van der Waals surface area (Å²) in [6, 6.07) is 1.67. The SMILES string of the molecule is CC(C)(C)C(Cn1cccn1)NC(=O)Cn1nc(C(F)F)c(Br)c1C1CC1. The molecule has 2 heterocycles. The highest BCUT2D eigenvalue weighted by Crippen LogP contribution is 2.45. The van der Waals surface area contributed by atoms with Crippen LogP contribution in [0.1, 0.15) is 57.3 Å². The first kappa shape index (κ1) is 20.0. The van der Waals surface area contributed by atoms with Crippen LogP contribution in [0.2, 0.25) is 0 Å². The highest BCUT2D eigenvalue weighted by molar-refractivity contribution is 9.10. The standard InChI is InChI=1S/C18H24BrF2N5O/c1-18(2,3)12(9-25-8-4-7-22-25)23-13(27)10-26-16(11-5-6-11)14(19)15(24-26)17(20)21/h4,7-8,11-12,17H,5-6,9-10H2,1-3H3,(H,23,27). The van der Waals surface area contributed by atoms with Crippen LogP contribution >= 0.6 is 15.9 Å². The molecule has 1 unspecified atom stereocenters. The van der Waals surface area contributed by atoms with Gasteiger partial charge >= 0.3 is 0 Å². The number of halogens is 3. The van der Waals surface area contributed by atoms with Gasteiger partial charge in [-0.2, -0.15) is 10.2 Å². The van der Waals surface area contributed by atoms with E-state index in [1.807, 2.05) is 33.0 Å². The predicted molar refractivity (Wildman–Crippen MR) is 100 cm³/mol. The summed E-state index contributed by atoms with van der Waals surface area (Å²) in [5.41, 5.74) is 0.202. The molecule has 9 heteroatoms. The summed E-state index contributed by atoms with van der Waals surface area (Å²) in [7, 11) is 0. The van der Waals surface area contributed by atoms with Gasteiger partial charge in [0.25, 0.3) is 6.43 Å². The number of amides is 1. The van der Waals surface area contributed by atoms with Gasteiger partial charge in [-0.25, -0.2) is 8.78 Å². The highest BCUT2D eigenvalue weighted by Gasteiger charge is 2.34. The molecular formula is C18H24BrF2N5O. The van der Waals surface area contributed by atoms with E-state index < -0.39 is 6.43 Å². The lowest BCUT2D eigenvalue weighted by Gasteiger charge is -2.31. The summed E-state index contributed by atoms with van der Waals surface area (Å²) in [4.78, 5) is 12.7. The van der Waals surface area contributed by atoms with E-state index in [4.69, 9.17) is 0 Å². The Morgan fingerprint density at radius 2 is 2.11 bits per heavy atom. The number of hydrogen-bond donors (Lipinski definition) is 1. The van der Waals surface area contributed by atoms with Gasteiger partial charge < -0.3 is 5.32 Å². The van der Waals surface area contributed by atoms with Gasteiger partial charge in [-0.3, -0.25) is 14.2 Å². The van der Waals surface area contributed by atoms with Gasteiger partial charge in [0.2, 0.25) is 5.91 Å². The van der Waals surface area contributed by atoms with Crippen molar-refractivity contribution in [2.75, 3.05) is 0 Å². The van der Waals surface area contributed by atoms with E-state index in [0.717, 1.165) is 12.8 Å². The van der Waals surface area contributed by atoms with Gasteiger partial charge in [0.05, 0.1) is 22.8 Å². The van der Waals surface area contributed by atoms with Crippen LogP contribution in [0.4, 0.5) is 8.78 Å². The van der Waals surface area contributed by atoms with Crippen molar-refractivity contribution in [2.24, 2.45) is 5.41 Å². The molecule has 1 amide bonds. The number of carbonyl (C=O) groups is 1. The molecule has 1 N–H and O–H groups in total. The molecule has 1 saturated carbocycles. The lowest BCUT2D eigenvalue weighted by Crippen LogP contribution is -2.47. The lowest BCUT2D eigenvalue weighted by atomic mass is 9.86. The number of aromatic nitrogens is 4. The van der Waals surface area contributed by atoms with Crippen molar-refractivity contribution in [3.63, 3.8) is 0 Å². The van der Waals surface area contributed by atoms with E-state index in [1.54, 1.807) is 10.9 Å². The Kier molecular flexibility index (Phi) is 5.69. The first-order chi connectivity index (χ1) is 12.7. The molecule has 2 aromatic heterocycles. The average molecular weight is 444 g/mol. The molecule has 1 aliphatic carbocycles. The number of carbonyl (C=O) groups excluding carboxylic acids is 1. The zero-order chi connectivity index (χ0) is 19.8. The van der Waals surface area contributed by atoms with Gasteiger partial charge in [-0.15, -0.1) is 0 Å². The summed E-state index contributed by atoms with van der Waals surface area (Å²) < 4.78 is 29.9. The third kappa shape index (κ3) is 4.75. The Hall–Kier alpha value is -1.77. The molecule has 1 aliphatic rings. The quantitative estimate of drug-likeness (QED) is 0.705. The zero-order valence-electron chi connectivity index (χ0n) is 15.6. The van der Waals surface area contributed by atoms with Crippen LogP contribution in [0.5, 0.6) is 0 Å². The number of nitrogens with zero attached hydrogens (tertiary/aromatic N) is 4. The fourth-order valence-corrected chi connectivity index (χ4v) is 3.77. The molecule has 6 nitrogen and oxygen atoms in total. The summed E-state index contributed by atoms with van der Waals surface area (Å²) >= 11 is 3.25. The smallest absolute Gasteiger partial charge is 0.283 e. The maximum atomic E-state index is 13.2. The lowest BCUT2D eigenvalue weighted by molar-refractivity contribution is -0.123. The number of nitrogens with one attached hydrogen (secondary N) is 1.